The molecule has 3 nitrogen and oxygen atoms in total. The normalized spacial score (nSPS) is 20.3. The van der Waals surface area contributed by atoms with Gasteiger partial charge in [-0.05, 0) is 37.1 Å². The third-order valence-electron chi connectivity index (χ3n) is 3.10. The first kappa shape index (κ1) is 12.8. The monoisotopic (exact) mass is 248 g/mol. The van der Waals surface area contributed by atoms with Crippen molar-refractivity contribution in [1.82, 2.24) is 4.90 Å². The van der Waals surface area contributed by atoms with E-state index < -0.39 is 0 Å². The summed E-state index contributed by atoms with van der Waals surface area (Å²) in [5.74, 6) is -0.270. The summed E-state index contributed by atoms with van der Waals surface area (Å²) in [7, 11) is 0. The fraction of sp³-hybridized carbons (Fsp3) is 0.357. The molecule has 4 heteroatoms. The number of hydrogen-bond acceptors (Lipinski definition) is 2. The first-order valence-corrected chi connectivity index (χ1v) is 6.05. The minimum atomic E-state index is -0.276. The van der Waals surface area contributed by atoms with Gasteiger partial charge >= 0.3 is 0 Å². The highest BCUT2D eigenvalue weighted by Crippen LogP contribution is 2.14. The van der Waals surface area contributed by atoms with E-state index in [9.17, 15) is 9.18 Å². The highest BCUT2D eigenvalue weighted by molar-refractivity contribution is 5.97. The second kappa shape index (κ2) is 5.31. The van der Waals surface area contributed by atoms with Gasteiger partial charge in [0.1, 0.15) is 5.82 Å². The van der Waals surface area contributed by atoms with Gasteiger partial charge in [-0.2, -0.15) is 0 Å². The molecule has 0 bridgehead atoms. The summed E-state index contributed by atoms with van der Waals surface area (Å²) in [5, 5.41) is 0. The summed E-state index contributed by atoms with van der Waals surface area (Å²) in [6.45, 7) is 3.11. The Hall–Kier alpha value is -1.68. The first-order valence-electron chi connectivity index (χ1n) is 6.05. The average Bonchev–Trinajstić information content (AvgIpc) is 2.78. The van der Waals surface area contributed by atoms with Gasteiger partial charge < -0.3 is 10.6 Å². The van der Waals surface area contributed by atoms with Crippen LogP contribution in [-0.2, 0) is 4.79 Å². The van der Waals surface area contributed by atoms with Crippen LogP contribution in [-0.4, -0.2) is 29.9 Å². The fourth-order valence-corrected chi connectivity index (χ4v) is 2.09. The van der Waals surface area contributed by atoms with Crippen LogP contribution in [0.1, 0.15) is 18.9 Å². The molecule has 1 atom stereocenters. The summed E-state index contributed by atoms with van der Waals surface area (Å²) in [6.07, 6.45) is 2.63. The number of likely N-dealkylation sites (tertiary alicyclic amines) is 1. The molecule has 1 aliphatic heterocycles. The number of halogens is 1. The molecule has 1 aromatic rings. The minimum Gasteiger partial charge on any atom is -0.337 e. The first-order chi connectivity index (χ1) is 8.56. The quantitative estimate of drug-likeness (QED) is 0.811. The minimum absolute atomic E-state index is 0.00674. The van der Waals surface area contributed by atoms with Crippen LogP contribution in [0, 0.1) is 5.82 Å². The van der Waals surface area contributed by atoms with Gasteiger partial charge in [0.05, 0.1) is 0 Å². The van der Waals surface area contributed by atoms with Crippen LogP contribution < -0.4 is 5.73 Å². The van der Waals surface area contributed by atoms with Crippen LogP contribution in [0.5, 0.6) is 0 Å². The lowest BCUT2D eigenvalue weighted by atomic mass is 10.1. The van der Waals surface area contributed by atoms with Gasteiger partial charge in [0.2, 0.25) is 5.91 Å². The van der Waals surface area contributed by atoms with E-state index in [0.29, 0.717) is 18.7 Å². The molecule has 18 heavy (non-hydrogen) atoms. The van der Waals surface area contributed by atoms with Gasteiger partial charge in [-0.3, -0.25) is 4.79 Å². The number of carbonyl (C=O) groups excluding carboxylic acids is 1. The molecule has 0 saturated carbocycles. The number of carbonyl (C=O) groups is 1. The van der Waals surface area contributed by atoms with Crippen LogP contribution in [0.25, 0.3) is 6.08 Å². The van der Waals surface area contributed by atoms with Crippen molar-refractivity contribution in [2.75, 3.05) is 13.1 Å². The molecule has 1 saturated heterocycles. The number of amides is 1. The van der Waals surface area contributed by atoms with Crippen LogP contribution >= 0.6 is 0 Å². The van der Waals surface area contributed by atoms with Gasteiger partial charge in [0.25, 0.3) is 0 Å². The lowest BCUT2D eigenvalue weighted by molar-refractivity contribution is -0.126. The Labute approximate surface area is 106 Å². The van der Waals surface area contributed by atoms with Crippen molar-refractivity contribution < 1.29 is 9.18 Å². The number of rotatable bonds is 2. The van der Waals surface area contributed by atoms with Crippen molar-refractivity contribution in [3.8, 4) is 0 Å². The summed E-state index contributed by atoms with van der Waals surface area (Å²) < 4.78 is 12.8. The molecule has 1 aromatic carbocycles. The van der Waals surface area contributed by atoms with Crippen LogP contribution in [0.2, 0.25) is 0 Å². The van der Waals surface area contributed by atoms with Crippen molar-refractivity contribution >= 4 is 12.0 Å². The molecule has 0 spiro atoms. The van der Waals surface area contributed by atoms with Gasteiger partial charge in [-0.15, -0.1) is 0 Å². The molecule has 0 radical (unpaired) electrons. The maximum absolute atomic E-state index is 12.8. The summed E-state index contributed by atoms with van der Waals surface area (Å²) >= 11 is 0. The highest BCUT2D eigenvalue weighted by Gasteiger charge is 2.24. The third kappa shape index (κ3) is 2.96. The molecular weight excluding hydrogens is 231 g/mol. The van der Waals surface area contributed by atoms with Crippen LogP contribution in [0.15, 0.2) is 29.8 Å². The molecule has 0 aromatic heterocycles. The second-order valence-corrected chi connectivity index (χ2v) is 4.68. The van der Waals surface area contributed by atoms with E-state index in [1.54, 1.807) is 30.0 Å². The van der Waals surface area contributed by atoms with E-state index in [-0.39, 0.29) is 17.8 Å². The van der Waals surface area contributed by atoms with E-state index in [1.807, 2.05) is 0 Å². The number of nitrogens with zero attached hydrogens (tertiary/aromatic N) is 1. The van der Waals surface area contributed by atoms with Crippen molar-refractivity contribution in [2.45, 2.75) is 19.4 Å². The highest BCUT2D eigenvalue weighted by atomic mass is 19.1. The molecule has 2 N–H and O–H groups in total. The predicted molar refractivity (Wildman–Crippen MR) is 69.2 cm³/mol. The SMILES string of the molecule is CC(=Cc1ccc(F)cc1)C(=O)N1CC[C@@H](N)C1. The zero-order valence-electron chi connectivity index (χ0n) is 10.4. The molecule has 2 rings (SSSR count). The fourth-order valence-electron chi connectivity index (χ4n) is 2.09. The lowest BCUT2D eigenvalue weighted by Crippen LogP contribution is -2.32. The molecule has 1 fully saturated rings. The Morgan fingerprint density at radius 1 is 1.44 bits per heavy atom. The Balaban J connectivity index is 2.08. The largest absolute Gasteiger partial charge is 0.337 e. The Morgan fingerprint density at radius 2 is 2.11 bits per heavy atom. The predicted octanol–water partition coefficient (Wildman–Crippen LogP) is 1.79. The summed E-state index contributed by atoms with van der Waals surface area (Å²) in [5.41, 5.74) is 7.25. The van der Waals surface area contributed by atoms with E-state index in [2.05, 4.69) is 0 Å². The molecule has 1 heterocycles. The molecule has 0 unspecified atom stereocenters. The number of nitrogens with two attached hydrogens (primary N) is 1. The number of benzene rings is 1. The standard InChI is InChI=1S/C14H17FN2O/c1-10(8-11-2-4-12(15)5-3-11)14(18)17-7-6-13(16)9-17/h2-5,8,13H,6-7,9,16H2,1H3/t13-/m1/s1. The zero-order valence-corrected chi connectivity index (χ0v) is 10.4. The zero-order chi connectivity index (χ0) is 13.1. The van der Waals surface area contributed by atoms with Crippen molar-refractivity contribution in [3.63, 3.8) is 0 Å². The smallest absolute Gasteiger partial charge is 0.249 e. The third-order valence-corrected chi connectivity index (χ3v) is 3.10. The van der Waals surface area contributed by atoms with Gasteiger partial charge in [0, 0.05) is 24.7 Å². The number of hydrogen-bond donors (Lipinski definition) is 1. The van der Waals surface area contributed by atoms with Gasteiger partial charge in [-0.25, -0.2) is 4.39 Å². The molecule has 0 aliphatic carbocycles. The van der Waals surface area contributed by atoms with E-state index >= 15 is 0 Å². The molecule has 1 amide bonds. The molecule has 96 valence electrons. The van der Waals surface area contributed by atoms with Crippen LogP contribution in [0.4, 0.5) is 4.39 Å². The topological polar surface area (TPSA) is 46.3 Å². The van der Waals surface area contributed by atoms with E-state index in [4.69, 9.17) is 5.73 Å². The molecule has 1 aliphatic rings. The van der Waals surface area contributed by atoms with Crippen molar-refractivity contribution in [2.24, 2.45) is 5.73 Å². The van der Waals surface area contributed by atoms with Gasteiger partial charge in [-0.1, -0.05) is 12.1 Å². The summed E-state index contributed by atoms with van der Waals surface area (Å²) in [6, 6.07) is 6.17. The summed E-state index contributed by atoms with van der Waals surface area (Å²) in [4.78, 5) is 13.9. The molecular formula is C14H17FN2O. The maximum atomic E-state index is 12.8. The van der Waals surface area contributed by atoms with Crippen molar-refractivity contribution in [1.29, 1.82) is 0 Å². The Bertz CT molecular complexity index is 467. The Morgan fingerprint density at radius 3 is 2.67 bits per heavy atom. The van der Waals surface area contributed by atoms with Gasteiger partial charge in [0.15, 0.2) is 0 Å². The van der Waals surface area contributed by atoms with E-state index in [0.717, 1.165) is 12.0 Å². The second-order valence-electron chi connectivity index (χ2n) is 4.68. The lowest BCUT2D eigenvalue weighted by Gasteiger charge is -2.16. The Kier molecular flexibility index (Phi) is 3.77. The van der Waals surface area contributed by atoms with Crippen molar-refractivity contribution in [3.05, 3.63) is 41.2 Å². The van der Waals surface area contributed by atoms with Crippen LogP contribution in [0.3, 0.4) is 0 Å². The maximum Gasteiger partial charge on any atom is 0.249 e. The average molecular weight is 248 g/mol. The van der Waals surface area contributed by atoms with E-state index in [1.165, 1.54) is 12.1 Å².